The average Bonchev–Trinajstić information content (AvgIpc) is 3.27. The molecular weight excluding hydrogens is 511 g/mol. The van der Waals surface area contributed by atoms with Gasteiger partial charge in [-0.15, -0.1) is 24.0 Å². The average molecular weight is 544 g/mol. The van der Waals surface area contributed by atoms with Crippen molar-refractivity contribution in [3.8, 4) is 11.5 Å². The Labute approximate surface area is 201 Å². The van der Waals surface area contributed by atoms with Crippen LogP contribution in [0.3, 0.4) is 0 Å². The number of aliphatic imine (C=N–C) groups is 1. The summed E-state index contributed by atoms with van der Waals surface area (Å²) in [5, 5.41) is 9.39. The second-order valence-electron chi connectivity index (χ2n) is 6.43. The summed E-state index contributed by atoms with van der Waals surface area (Å²) in [5.74, 6) is 2.18. The Hall–Kier alpha value is -2.43. The molecular formula is C22H33IN4O4. The molecule has 3 N–H and O–H groups in total. The van der Waals surface area contributed by atoms with E-state index >= 15 is 0 Å². The van der Waals surface area contributed by atoms with Gasteiger partial charge in [0.1, 0.15) is 0 Å². The number of nitrogens with zero attached hydrogens (tertiary/aromatic N) is 1. The Morgan fingerprint density at radius 1 is 1.10 bits per heavy atom. The molecule has 9 heteroatoms. The first-order valence-electron chi connectivity index (χ1n) is 10.3. The summed E-state index contributed by atoms with van der Waals surface area (Å²) in [7, 11) is 0. The lowest BCUT2D eigenvalue weighted by Crippen LogP contribution is -2.39. The van der Waals surface area contributed by atoms with Crippen molar-refractivity contribution in [1.82, 2.24) is 16.0 Å². The molecule has 8 nitrogen and oxygen atoms in total. The van der Waals surface area contributed by atoms with Gasteiger partial charge in [0, 0.05) is 13.1 Å². The number of ether oxygens (including phenoxy) is 2. The van der Waals surface area contributed by atoms with Crippen molar-refractivity contribution >= 4 is 35.8 Å². The summed E-state index contributed by atoms with van der Waals surface area (Å²) in [6.45, 7) is 10.7. The number of hydrogen-bond acceptors (Lipinski definition) is 5. The van der Waals surface area contributed by atoms with Gasteiger partial charge in [0.15, 0.2) is 23.2 Å². The molecule has 2 rings (SSSR count). The molecule has 1 unspecified atom stereocenters. The topological polar surface area (TPSA) is 97.1 Å². The van der Waals surface area contributed by atoms with Gasteiger partial charge >= 0.3 is 0 Å². The van der Waals surface area contributed by atoms with Crippen molar-refractivity contribution in [1.29, 1.82) is 0 Å². The lowest BCUT2D eigenvalue weighted by Gasteiger charge is -2.20. The molecule has 2 aromatic rings. The van der Waals surface area contributed by atoms with E-state index in [-0.39, 0.29) is 35.9 Å². The summed E-state index contributed by atoms with van der Waals surface area (Å²) in [6, 6.07) is 9.22. The fourth-order valence-electron chi connectivity index (χ4n) is 2.78. The first kappa shape index (κ1) is 26.6. The van der Waals surface area contributed by atoms with Gasteiger partial charge in [0.05, 0.1) is 32.1 Å². The number of guanidine groups is 1. The lowest BCUT2D eigenvalue weighted by molar-refractivity contribution is 0.0927. The van der Waals surface area contributed by atoms with Crippen molar-refractivity contribution in [2.24, 2.45) is 4.99 Å². The smallest absolute Gasteiger partial charge is 0.287 e. The minimum absolute atomic E-state index is 0. The maximum absolute atomic E-state index is 11.9. The maximum atomic E-state index is 11.9. The number of hydrogen-bond donors (Lipinski definition) is 3. The minimum Gasteiger partial charge on any atom is -0.490 e. The Kier molecular flexibility index (Phi) is 12.5. The first-order chi connectivity index (χ1) is 14.6. The molecule has 1 aromatic carbocycles. The molecule has 0 aliphatic heterocycles. The van der Waals surface area contributed by atoms with E-state index < -0.39 is 0 Å². The number of rotatable bonds is 11. The summed E-state index contributed by atoms with van der Waals surface area (Å²) >= 11 is 0. The molecule has 0 fully saturated rings. The Morgan fingerprint density at radius 2 is 1.84 bits per heavy atom. The van der Waals surface area contributed by atoms with Gasteiger partial charge in [-0.3, -0.25) is 9.79 Å². The standard InChI is InChI=1S/C22H32N4O4.HI/c1-5-23-22(25-13-12-24-21(27)19-9-8-14-30-19)26-16(4)17-10-11-18(28-6-2)20(15-17)29-7-3;/h8-11,14-16H,5-7,12-13H2,1-4H3,(H,24,27)(H2,23,25,26);1H. The summed E-state index contributed by atoms with van der Waals surface area (Å²) in [6.07, 6.45) is 1.47. The normalized spacial score (nSPS) is 11.8. The molecule has 0 radical (unpaired) electrons. The largest absolute Gasteiger partial charge is 0.490 e. The summed E-state index contributed by atoms with van der Waals surface area (Å²) in [5.41, 5.74) is 1.05. The van der Waals surface area contributed by atoms with Gasteiger partial charge < -0.3 is 29.8 Å². The van der Waals surface area contributed by atoms with Crippen LogP contribution in [0.4, 0.5) is 0 Å². The fraction of sp³-hybridized carbons (Fsp3) is 0.455. The third-order valence-electron chi connectivity index (χ3n) is 4.18. The quantitative estimate of drug-likeness (QED) is 0.173. The third-order valence-corrected chi connectivity index (χ3v) is 4.18. The van der Waals surface area contributed by atoms with E-state index in [0.717, 1.165) is 23.6 Å². The molecule has 172 valence electrons. The van der Waals surface area contributed by atoms with Gasteiger partial charge in [0.2, 0.25) is 0 Å². The molecule has 1 atom stereocenters. The molecule has 1 amide bonds. The maximum Gasteiger partial charge on any atom is 0.287 e. The van der Waals surface area contributed by atoms with Crippen LogP contribution in [-0.2, 0) is 0 Å². The Bertz CT molecular complexity index is 812. The molecule has 1 heterocycles. The Balaban J connectivity index is 0.00000480. The van der Waals surface area contributed by atoms with Crippen LogP contribution < -0.4 is 25.4 Å². The zero-order valence-electron chi connectivity index (χ0n) is 18.6. The number of halogens is 1. The number of carbonyl (C=O) groups is 1. The van der Waals surface area contributed by atoms with Crippen LogP contribution in [0.15, 0.2) is 46.0 Å². The van der Waals surface area contributed by atoms with Gasteiger partial charge in [-0.25, -0.2) is 0 Å². The van der Waals surface area contributed by atoms with Crippen LogP contribution in [-0.4, -0.2) is 44.7 Å². The number of benzene rings is 1. The fourth-order valence-corrected chi connectivity index (χ4v) is 2.78. The summed E-state index contributed by atoms with van der Waals surface area (Å²) in [4.78, 5) is 16.4. The number of carbonyl (C=O) groups excluding carboxylic acids is 1. The van der Waals surface area contributed by atoms with Gasteiger partial charge in [-0.05, 0) is 57.5 Å². The van der Waals surface area contributed by atoms with Crippen molar-refractivity contribution < 1.29 is 18.7 Å². The van der Waals surface area contributed by atoms with Crippen LogP contribution in [0.2, 0.25) is 0 Å². The highest BCUT2D eigenvalue weighted by Gasteiger charge is 2.13. The van der Waals surface area contributed by atoms with Crippen LogP contribution >= 0.6 is 24.0 Å². The SMILES string of the molecule is CCNC(=NCCNC(=O)c1ccco1)NC(C)c1ccc(OCC)c(OCC)c1.I. The second-order valence-corrected chi connectivity index (χ2v) is 6.43. The number of amides is 1. The van der Waals surface area contributed by atoms with E-state index in [4.69, 9.17) is 13.9 Å². The molecule has 31 heavy (non-hydrogen) atoms. The van der Waals surface area contributed by atoms with E-state index in [9.17, 15) is 4.79 Å². The van der Waals surface area contributed by atoms with Gasteiger partial charge in [-0.1, -0.05) is 6.07 Å². The predicted molar refractivity (Wildman–Crippen MR) is 133 cm³/mol. The molecule has 0 bridgehead atoms. The van der Waals surface area contributed by atoms with Crippen LogP contribution in [0, 0.1) is 0 Å². The molecule has 1 aromatic heterocycles. The molecule has 0 aliphatic carbocycles. The van der Waals surface area contributed by atoms with E-state index in [1.54, 1.807) is 12.1 Å². The highest BCUT2D eigenvalue weighted by Crippen LogP contribution is 2.30. The van der Waals surface area contributed by atoms with Crippen LogP contribution in [0.1, 0.15) is 49.9 Å². The predicted octanol–water partition coefficient (Wildman–Crippen LogP) is 3.74. The first-order valence-corrected chi connectivity index (χ1v) is 10.3. The van der Waals surface area contributed by atoms with Gasteiger partial charge in [0.25, 0.3) is 5.91 Å². The van der Waals surface area contributed by atoms with Crippen molar-refractivity contribution in [3.63, 3.8) is 0 Å². The van der Waals surface area contributed by atoms with Crippen molar-refractivity contribution in [2.75, 3.05) is 32.8 Å². The lowest BCUT2D eigenvalue weighted by atomic mass is 10.1. The third kappa shape index (κ3) is 8.68. The number of furan rings is 1. The van der Waals surface area contributed by atoms with E-state index in [0.29, 0.717) is 38.0 Å². The van der Waals surface area contributed by atoms with Crippen LogP contribution in [0.5, 0.6) is 11.5 Å². The highest BCUT2D eigenvalue weighted by molar-refractivity contribution is 14.0. The van der Waals surface area contributed by atoms with Crippen molar-refractivity contribution in [3.05, 3.63) is 47.9 Å². The summed E-state index contributed by atoms with van der Waals surface area (Å²) < 4.78 is 16.4. The zero-order valence-corrected chi connectivity index (χ0v) is 20.9. The Morgan fingerprint density at radius 3 is 2.48 bits per heavy atom. The molecule has 0 aliphatic rings. The second kappa shape index (κ2) is 14.6. The molecule has 0 saturated heterocycles. The monoisotopic (exact) mass is 544 g/mol. The highest BCUT2D eigenvalue weighted by atomic mass is 127. The van der Waals surface area contributed by atoms with Crippen LogP contribution in [0.25, 0.3) is 0 Å². The number of nitrogens with one attached hydrogen (secondary N) is 3. The molecule has 0 spiro atoms. The van der Waals surface area contributed by atoms with E-state index in [1.807, 2.05) is 39.0 Å². The minimum atomic E-state index is -0.251. The van der Waals surface area contributed by atoms with Crippen molar-refractivity contribution in [2.45, 2.75) is 33.7 Å². The molecule has 0 saturated carbocycles. The van der Waals surface area contributed by atoms with E-state index in [1.165, 1.54) is 6.26 Å². The zero-order chi connectivity index (χ0) is 21.8. The van der Waals surface area contributed by atoms with Gasteiger partial charge in [-0.2, -0.15) is 0 Å². The van der Waals surface area contributed by atoms with E-state index in [2.05, 4.69) is 27.9 Å².